The minimum atomic E-state index is -0.151. The minimum absolute atomic E-state index is 0.101. The molecule has 4 rings (SSSR count). The molecule has 0 saturated carbocycles. The van der Waals surface area contributed by atoms with Crippen LogP contribution in [0.2, 0.25) is 0 Å². The van der Waals surface area contributed by atoms with Crippen LogP contribution in [0.1, 0.15) is 29.1 Å². The number of hydrogen-bond acceptors (Lipinski definition) is 4. The van der Waals surface area contributed by atoms with Gasteiger partial charge in [0.05, 0.1) is 10.2 Å². The summed E-state index contributed by atoms with van der Waals surface area (Å²) in [6.45, 7) is 5.39. The van der Waals surface area contributed by atoms with E-state index in [1.165, 1.54) is 11.3 Å². The number of pyridine rings is 1. The number of aromatic nitrogens is 1. The zero-order valence-corrected chi connectivity index (χ0v) is 18.2. The molecule has 4 aromatic rings. The van der Waals surface area contributed by atoms with E-state index in [2.05, 4.69) is 0 Å². The summed E-state index contributed by atoms with van der Waals surface area (Å²) in [5.74, 6) is 0.289. The smallest absolute Gasteiger partial charge is 0.267 e. The van der Waals surface area contributed by atoms with Crippen LogP contribution in [-0.2, 0) is 13.7 Å². The van der Waals surface area contributed by atoms with Crippen molar-refractivity contribution in [1.29, 1.82) is 0 Å². The van der Waals surface area contributed by atoms with E-state index in [-0.39, 0.29) is 11.5 Å². The van der Waals surface area contributed by atoms with Crippen molar-refractivity contribution in [2.45, 2.75) is 20.5 Å². The Balaban J connectivity index is 1.96. The molecular formula is C24H24N2O3S. The highest BCUT2D eigenvalue weighted by atomic mass is 32.1. The molecule has 0 aliphatic heterocycles. The summed E-state index contributed by atoms with van der Waals surface area (Å²) in [5.41, 5.74) is 1.67. The Morgan fingerprint density at radius 3 is 2.40 bits per heavy atom. The summed E-state index contributed by atoms with van der Waals surface area (Å²) in [4.78, 5) is 28.8. The van der Waals surface area contributed by atoms with E-state index in [9.17, 15) is 9.59 Å². The molecule has 2 aromatic heterocycles. The van der Waals surface area contributed by atoms with Gasteiger partial charge in [-0.05, 0) is 25.5 Å². The van der Waals surface area contributed by atoms with Gasteiger partial charge in [-0.1, -0.05) is 48.5 Å². The number of aryl methyl sites for hydroxylation is 1. The maximum Gasteiger partial charge on any atom is 0.267 e. The number of thiophene rings is 1. The van der Waals surface area contributed by atoms with Crippen LogP contribution in [0.4, 0.5) is 0 Å². The number of hydrogen-bond donors (Lipinski definition) is 0. The zero-order chi connectivity index (χ0) is 21.3. The van der Waals surface area contributed by atoms with Gasteiger partial charge in [0.1, 0.15) is 16.9 Å². The molecule has 30 heavy (non-hydrogen) atoms. The summed E-state index contributed by atoms with van der Waals surface area (Å²) in [7, 11) is 1.76. The molecule has 5 nitrogen and oxygen atoms in total. The van der Waals surface area contributed by atoms with Crippen LogP contribution in [0.3, 0.4) is 0 Å². The Morgan fingerprint density at radius 1 is 1.03 bits per heavy atom. The summed E-state index contributed by atoms with van der Waals surface area (Å²) >= 11 is 1.35. The Bertz CT molecular complexity index is 1270. The third-order valence-electron chi connectivity index (χ3n) is 5.36. The van der Waals surface area contributed by atoms with E-state index in [0.29, 0.717) is 35.7 Å². The van der Waals surface area contributed by atoms with Gasteiger partial charge in [0.15, 0.2) is 5.75 Å². The van der Waals surface area contributed by atoms with Crippen LogP contribution in [0.25, 0.3) is 21.0 Å². The molecule has 0 fully saturated rings. The number of rotatable bonds is 6. The van der Waals surface area contributed by atoms with E-state index in [1.807, 2.05) is 68.4 Å². The predicted molar refractivity (Wildman–Crippen MR) is 123 cm³/mol. The molecular weight excluding hydrogens is 396 g/mol. The fourth-order valence-electron chi connectivity index (χ4n) is 3.70. The van der Waals surface area contributed by atoms with Crippen LogP contribution in [0.5, 0.6) is 5.75 Å². The van der Waals surface area contributed by atoms with Crippen molar-refractivity contribution in [3.63, 3.8) is 0 Å². The third kappa shape index (κ3) is 3.37. The van der Waals surface area contributed by atoms with E-state index < -0.39 is 0 Å². The zero-order valence-electron chi connectivity index (χ0n) is 17.3. The molecule has 2 heterocycles. The minimum Gasteiger partial charge on any atom is -0.486 e. The van der Waals surface area contributed by atoms with Gasteiger partial charge in [-0.15, -0.1) is 11.3 Å². The lowest BCUT2D eigenvalue weighted by Crippen LogP contribution is -2.30. The fraction of sp³-hybridized carbons (Fsp3) is 0.250. The van der Waals surface area contributed by atoms with Gasteiger partial charge in [-0.25, -0.2) is 0 Å². The van der Waals surface area contributed by atoms with Crippen LogP contribution in [-0.4, -0.2) is 28.5 Å². The fourth-order valence-corrected chi connectivity index (χ4v) is 4.94. The normalized spacial score (nSPS) is 11.2. The molecule has 0 aliphatic carbocycles. The van der Waals surface area contributed by atoms with Gasteiger partial charge < -0.3 is 14.2 Å². The van der Waals surface area contributed by atoms with Crippen molar-refractivity contribution < 1.29 is 9.53 Å². The van der Waals surface area contributed by atoms with E-state index in [1.54, 1.807) is 16.5 Å². The lowest BCUT2D eigenvalue weighted by molar-refractivity contribution is 0.0773. The number of para-hydroxylation sites is 1. The number of benzene rings is 2. The van der Waals surface area contributed by atoms with E-state index in [0.717, 1.165) is 21.2 Å². The number of ether oxygens (including phenoxy) is 1. The number of carbonyl (C=O) groups is 1. The number of amides is 1. The first kappa shape index (κ1) is 20.2. The van der Waals surface area contributed by atoms with Crippen molar-refractivity contribution in [3.05, 3.63) is 75.4 Å². The van der Waals surface area contributed by atoms with Gasteiger partial charge in [-0.2, -0.15) is 0 Å². The summed E-state index contributed by atoms with van der Waals surface area (Å²) in [6, 6.07) is 17.5. The predicted octanol–water partition coefficient (Wildman–Crippen LogP) is 4.81. The van der Waals surface area contributed by atoms with E-state index in [4.69, 9.17) is 4.74 Å². The summed E-state index contributed by atoms with van der Waals surface area (Å²) < 4.78 is 8.60. The Labute approximate surface area is 179 Å². The van der Waals surface area contributed by atoms with Crippen molar-refractivity contribution in [1.82, 2.24) is 9.47 Å². The maximum atomic E-state index is 13.3. The summed E-state index contributed by atoms with van der Waals surface area (Å²) in [5, 5.41) is 1.43. The molecule has 0 spiro atoms. The number of carbonyl (C=O) groups excluding carboxylic acids is 1. The molecule has 0 unspecified atom stereocenters. The molecule has 2 aromatic carbocycles. The summed E-state index contributed by atoms with van der Waals surface area (Å²) in [6.07, 6.45) is 0. The Morgan fingerprint density at radius 2 is 1.70 bits per heavy atom. The number of nitrogens with zero attached hydrogens (tertiary/aromatic N) is 2. The molecule has 0 bridgehead atoms. The molecule has 154 valence electrons. The largest absolute Gasteiger partial charge is 0.486 e. The molecule has 0 atom stereocenters. The Hall–Kier alpha value is -3.12. The average molecular weight is 421 g/mol. The molecule has 0 saturated heterocycles. The second-order valence-electron chi connectivity index (χ2n) is 7.10. The molecule has 0 aliphatic rings. The lowest BCUT2D eigenvalue weighted by atomic mass is 10.1. The first-order valence-electron chi connectivity index (χ1n) is 10.1. The molecule has 6 heteroatoms. The van der Waals surface area contributed by atoms with Crippen LogP contribution in [0.15, 0.2) is 59.4 Å². The van der Waals surface area contributed by atoms with Gasteiger partial charge >= 0.3 is 0 Å². The van der Waals surface area contributed by atoms with Crippen LogP contribution >= 0.6 is 11.3 Å². The Kier molecular flexibility index (Phi) is 5.59. The van der Waals surface area contributed by atoms with Gasteiger partial charge in [-0.3, -0.25) is 9.59 Å². The maximum absolute atomic E-state index is 13.3. The highest BCUT2D eigenvalue weighted by Crippen LogP contribution is 2.40. The highest BCUT2D eigenvalue weighted by Gasteiger charge is 2.27. The third-order valence-corrected chi connectivity index (χ3v) is 6.56. The first-order valence-corrected chi connectivity index (χ1v) is 10.9. The quantitative estimate of drug-likeness (QED) is 0.450. The van der Waals surface area contributed by atoms with Crippen molar-refractivity contribution >= 4 is 38.2 Å². The van der Waals surface area contributed by atoms with Crippen LogP contribution in [0, 0.1) is 0 Å². The lowest BCUT2D eigenvalue weighted by Gasteiger charge is -2.18. The topological polar surface area (TPSA) is 51.5 Å². The van der Waals surface area contributed by atoms with Crippen LogP contribution < -0.4 is 10.3 Å². The van der Waals surface area contributed by atoms with E-state index >= 15 is 0 Å². The SMILES string of the molecule is CCN(CC)C(=O)c1sc2c(c1OCc1ccccc1)c(=O)n(C)c1ccccc21. The molecule has 0 N–H and O–H groups in total. The van der Waals surface area contributed by atoms with Crippen molar-refractivity contribution in [3.8, 4) is 5.75 Å². The first-order chi connectivity index (χ1) is 14.6. The van der Waals surface area contributed by atoms with Crippen molar-refractivity contribution in [2.24, 2.45) is 7.05 Å². The second-order valence-corrected chi connectivity index (χ2v) is 8.12. The highest BCUT2D eigenvalue weighted by molar-refractivity contribution is 7.22. The van der Waals surface area contributed by atoms with Gasteiger partial charge in [0.2, 0.25) is 0 Å². The number of fused-ring (bicyclic) bond motifs is 3. The van der Waals surface area contributed by atoms with Gasteiger partial charge in [0, 0.05) is 25.5 Å². The van der Waals surface area contributed by atoms with Gasteiger partial charge in [0.25, 0.3) is 11.5 Å². The standard InChI is InChI=1S/C24H24N2O3S/c1-4-26(5-2)24(28)22-20(29-15-16-11-7-6-8-12-16)19-21(30-22)17-13-9-10-14-18(17)25(3)23(19)27/h6-14H,4-5,15H2,1-3H3. The average Bonchev–Trinajstić information content (AvgIpc) is 3.17. The monoisotopic (exact) mass is 420 g/mol. The molecule has 1 amide bonds. The van der Waals surface area contributed by atoms with Crippen molar-refractivity contribution in [2.75, 3.05) is 13.1 Å². The second kappa shape index (κ2) is 8.32. The molecule has 0 radical (unpaired) electrons.